The Kier molecular flexibility index (Phi) is 8.79. The molecule has 1 rings (SSSR count). The summed E-state index contributed by atoms with van der Waals surface area (Å²) >= 11 is 0. The Hall–Kier alpha value is -1.88. The predicted molar refractivity (Wildman–Crippen MR) is 103 cm³/mol. The molecule has 0 spiro atoms. The van der Waals surface area contributed by atoms with Crippen LogP contribution in [-0.4, -0.2) is 56.5 Å². The minimum atomic E-state index is -0.821. The van der Waals surface area contributed by atoms with E-state index in [2.05, 4.69) is 15.7 Å². The second kappa shape index (κ2) is 10.3. The van der Waals surface area contributed by atoms with Crippen molar-refractivity contribution in [1.29, 1.82) is 0 Å². The van der Waals surface area contributed by atoms with E-state index >= 15 is 0 Å². The molecule has 0 aliphatic heterocycles. The number of carboxylic acids is 1. The van der Waals surface area contributed by atoms with Gasteiger partial charge in [0.2, 0.25) is 0 Å². The van der Waals surface area contributed by atoms with Gasteiger partial charge in [-0.05, 0) is 20.8 Å². The first-order valence-electron chi connectivity index (χ1n) is 7.87. The van der Waals surface area contributed by atoms with Crippen LogP contribution in [0.3, 0.4) is 0 Å². The van der Waals surface area contributed by atoms with Crippen LogP contribution in [0.25, 0.3) is 0 Å². The molecule has 0 radical (unpaired) electrons. The molecule has 0 aliphatic rings. The molecule has 3 N–H and O–H groups in total. The van der Waals surface area contributed by atoms with Gasteiger partial charge in [-0.2, -0.15) is 5.10 Å². The van der Waals surface area contributed by atoms with E-state index in [1.54, 1.807) is 27.8 Å². The maximum absolute atomic E-state index is 12.2. The maximum atomic E-state index is 12.2. The van der Waals surface area contributed by atoms with E-state index in [0.717, 1.165) is 0 Å². The Bertz CT molecular complexity index is 642. The molecule has 0 fully saturated rings. The minimum absolute atomic E-state index is 0.118. The Morgan fingerprint density at radius 2 is 1.92 bits per heavy atom. The number of carboxylic acid groups (broad SMARTS) is 1. The summed E-state index contributed by atoms with van der Waals surface area (Å²) in [5.74, 6) is 0.268. The van der Waals surface area contributed by atoms with Gasteiger partial charge in [0.05, 0.1) is 6.42 Å². The molecular formula is C15H24N4O5S2. The van der Waals surface area contributed by atoms with E-state index in [0.29, 0.717) is 23.7 Å². The second-order valence-electron chi connectivity index (χ2n) is 6.21. The summed E-state index contributed by atoms with van der Waals surface area (Å²) in [6.45, 7) is 5.69. The maximum Gasteiger partial charge on any atom is 0.413 e. The van der Waals surface area contributed by atoms with Crippen molar-refractivity contribution in [3.63, 3.8) is 0 Å². The van der Waals surface area contributed by atoms with Crippen LogP contribution in [0.15, 0.2) is 6.07 Å². The van der Waals surface area contributed by atoms with E-state index in [9.17, 15) is 14.4 Å². The molecule has 0 unspecified atom stereocenters. The number of aromatic nitrogens is 2. The number of nitrogens with zero attached hydrogens (tertiary/aromatic N) is 2. The van der Waals surface area contributed by atoms with Gasteiger partial charge in [0.25, 0.3) is 5.91 Å². The lowest BCUT2D eigenvalue weighted by atomic mass is 10.2. The van der Waals surface area contributed by atoms with Crippen molar-refractivity contribution in [3.8, 4) is 0 Å². The summed E-state index contributed by atoms with van der Waals surface area (Å²) in [7, 11) is 4.55. The topological polar surface area (TPSA) is 123 Å². The number of carbonyl (C=O) groups is 3. The number of amides is 2. The Morgan fingerprint density at radius 3 is 2.54 bits per heavy atom. The molecule has 0 bridgehead atoms. The summed E-state index contributed by atoms with van der Waals surface area (Å²) in [5.41, 5.74) is -0.321. The van der Waals surface area contributed by atoms with Gasteiger partial charge >= 0.3 is 12.1 Å². The average Bonchev–Trinajstić information content (AvgIpc) is 2.84. The van der Waals surface area contributed by atoms with Crippen molar-refractivity contribution in [2.24, 2.45) is 7.05 Å². The minimum Gasteiger partial charge on any atom is -0.481 e. The lowest BCUT2D eigenvalue weighted by molar-refractivity contribution is -0.136. The molecule has 0 aromatic carbocycles. The molecule has 11 heteroatoms. The van der Waals surface area contributed by atoms with Gasteiger partial charge in [0.15, 0.2) is 5.82 Å². The molecule has 0 aliphatic carbocycles. The van der Waals surface area contributed by atoms with Crippen LogP contribution in [-0.2, 0) is 16.6 Å². The monoisotopic (exact) mass is 404 g/mol. The van der Waals surface area contributed by atoms with Gasteiger partial charge in [-0.25, -0.2) is 4.79 Å². The molecule has 0 saturated heterocycles. The summed E-state index contributed by atoms with van der Waals surface area (Å²) in [6, 6.07) is 1.47. The number of aliphatic carboxylic acids is 1. The fraction of sp³-hybridized carbons (Fsp3) is 0.600. The summed E-state index contributed by atoms with van der Waals surface area (Å²) < 4.78 is 6.51. The highest BCUT2D eigenvalue weighted by Crippen LogP contribution is 2.21. The van der Waals surface area contributed by atoms with Crippen LogP contribution in [0, 0.1) is 0 Å². The zero-order valence-corrected chi connectivity index (χ0v) is 16.8. The van der Waals surface area contributed by atoms with E-state index in [1.165, 1.54) is 32.3 Å². The molecule has 2 amide bonds. The average molecular weight is 405 g/mol. The molecule has 1 heterocycles. The van der Waals surface area contributed by atoms with Crippen molar-refractivity contribution >= 4 is 45.4 Å². The Labute approximate surface area is 160 Å². The zero-order chi connectivity index (χ0) is 19.7. The van der Waals surface area contributed by atoms with E-state index in [-0.39, 0.29) is 18.1 Å². The van der Waals surface area contributed by atoms with Crippen molar-refractivity contribution in [2.45, 2.75) is 32.8 Å². The van der Waals surface area contributed by atoms with Gasteiger partial charge < -0.3 is 15.2 Å². The number of carbonyl (C=O) groups excluding carboxylic acids is 2. The smallest absolute Gasteiger partial charge is 0.413 e. The van der Waals surface area contributed by atoms with Crippen molar-refractivity contribution in [3.05, 3.63) is 11.8 Å². The third kappa shape index (κ3) is 8.99. The molecule has 146 valence electrons. The number of hydrogen-bond donors (Lipinski definition) is 3. The number of nitrogens with one attached hydrogen (secondary N) is 2. The molecule has 1 aromatic rings. The quantitative estimate of drug-likeness (QED) is 0.423. The molecular weight excluding hydrogens is 380 g/mol. The van der Waals surface area contributed by atoms with Gasteiger partial charge in [-0.1, -0.05) is 21.6 Å². The van der Waals surface area contributed by atoms with Crippen molar-refractivity contribution in [1.82, 2.24) is 15.1 Å². The predicted octanol–water partition coefficient (Wildman–Crippen LogP) is 2.35. The lowest BCUT2D eigenvalue weighted by Gasteiger charge is -2.18. The largest absolute Gasteiger partial charge is 0.481 e. The third-order valence-electron chi connectivity index (χ3n) is 2.70. The number of anilines is 1. The zero-order valence-electron chi connectivity index (χ0n) is 15.2. The van der Waals surface area contributed by atoms with E-state index in [4.69, 9.17) is 9.84 Å². The lowest BCUT2D eigenvalue weighted by Crippen LogP contribution is -2.27. The van der Waals surface area contributed by atoms with Crippen LogP contribution in [0.2, 0.25) is 0 Å². The van der Waals surface area contributed by atoms with Crippen LogP contribution < -0.4 is 10.6 Å². The normalized spacial score (nSPS) is 11.1. The number of rotatable bonds is 9. The van der Waals surface area contributed by atoms with Gasteiger partial charge in [-0.15, -0.1) is 0 Å². The van der Waals surface area contributed by atoms with Gasteiger partial charge in [-0.3, -0.25) is 19.6 Å². The SMILES string of the molecule is Cn1nc(NC(=O)OC(C)(C)C)cc1C(=O)NCCSSCCC(=O)O. The first-order chi connectivity index (χ1) is 12.1. The van der Waals surface area contributed by atoms with Crippen LogP contribution >= 0.6 is 21.6 Å². The van der Waals surface area contributed by atoms with Crippen LogP contribution in [0.4, 0.5) is 10.6 Å². The summed E-state index contributed by atoms with van der Waals surface area (Å²) in [5, 5.41) is 17.8. The third-order valence-corrected chi connectivity index (χ3v) is 5.10. The van der Waals surface area contributed by atoms with Gasteiger partial charge in [0.1, 0.15) is 11.3 Å². The van der Waals surface area contributed by atoms with Gasteiger partial charge in [0, 0.05) is 31.2 Å². The molecule has 0 atom stereocenters. The van der Waals surface area contributed by atoms with E-state index in [1.807, 2.05) is 0 Å². The fourth-order valence-electron chi connectivity index (χ4n) is 1.69. The van der Waals surface area contributed by atoms with Crippen LogP contribution in [0.5, 0.6) is 0 Å². The number of hydrogen-bond acceptors (Lipinski definition) is 7. The molecule has 1 aromatic heterocycles. The highest BCUT2D eigenvalue weighted by molar-refractivity contribution is 8.76. The highest BCUT2D eigenvalue weighted by atomic mass is 33.1. The van der Waals surface area contributed by atoms with Crippen molar-refractivity contribution < 1.29 is 24.2 Å². The summed E-state index contributed by atoms with van der Waals surface area (Å²) in [6.07, 6.45) is -0.524. The van der Waals surface area contributed by atoms with Crippen LogP contribution in [0.1, 0.15) is 37.7 Å². The first kappa shape index (κ1) is 22.2. The Morgan fingerprint density at radius 1 is 1.27 bits per heavy atom. The molecule has 26 heavy (non-hydrogen) atoms. The van der Waals surface area contributed by atoms with Crippen molar-refractivity contribution in [2.75, 3.05) is 23.4 Å². The Balaban J connectivity index is 2.39. The first-order valence-corrected chi connectivity index (χ1v) is 10.4. The standard InChI is InChI=1S/C15H24N4O5S2/c1-15(2,3)24-14(23)17-11-9-10(19(4)18-11)13(22)16-6-8-26-25-7-5-12(20)21/h9H,5-8H2,1-4H3,(H,16,22)(H,20,21)(H,17,18,23). The fourth-order valence-corrected chi connectivity index (χ4v) is 3.58. The second-order valence-corrected chi connectivity index (χ2v) is 8.91. The highest BCUT2D eigenvalue weighted by Gasteiger charge is 2.19. The molecule has 9 nitrogen and oxygen atoms in total. The number of ether oxygens (including phenoxy) is 1. The number of aryl methyl sites for hydroxylation is 1. The molecule has 0 saturated carbocycles. The van der Waals surface area contributed by atoms with E-state index < -0.39 is 17.7 Å². The summed E-state index contributed by atoms with van der Waals surface area (Å²) in [4.78, 5) is 34.3.